The molecule has 0 aliphatic carbocycles. The number of benzene rings is 2. The molecule has 0 radical (unpaired) electrons. The van der Waals surface area contributed by atoms with Gasteiger partial charge in [-0.1, -0.05) is 24.3 Å². The Morgan fingerprint density at radius 2 is 1.93 bits per heavy atom. The van der Waals surface area contributed by atoms with Crippen molar-refractivity contribution in [3.8, 4) is 17.5 Å². The Hall–Kier alpha value is -4.31. The Labute approximate surface area is 165 Å². The smallest absolute Gasteiger partial charge is 0.261 e. The fourth-order valence-electron chi connectivity index (χ4n) is 3.08. The first-order valence-electron chi connectivity index (χ1n) is 8.81. The molecule has 0 unspecified atom stereocenters. The molecular weight excluding hydrogens is 366 g/mol. The number of carbonyl (C=O) groups is 1. The van der Waals surface area contributed by atoms with Crippen molar-refractivity contribution < 1.29 is 4.79 Å². The van der Waals surface area contributed by atoms with Crippen molar-refractivity contribution in [1.82, 2.24) is 14.5 Å². The molecule has 0 fully saturated rings. The molecule has 7 heteroatoms. The van der Waals surface area contributed by atoms with Gasteiger partial charge in [0.15, 0.2) is 0 Å². The highest BCUT2D eigenvalue weighted by molar-refractivity contribution is 6.11. The summed E-state index contributed by atoms with van der Waals surface area (Å²) in [6, 6.07) is 19.0. The van der Waals surface area contributed by atoms with Gasteiger partial charge in [-0.25, -0.2) is 9.97 Å². The van der Waals surface area contributed by atoms with Crippen LogP contribution in [0.5, 0.6) is 0 Å². The molecule has 0 aliphatic heterocycles. The quantitative estimate of drug-likeness (QED) is 0.588. The Balaban J connectivity index is 1.89. The number of aromatic nitrogens is 3. The second kappa shape index (κ2) is 7.37. The van der Waals surface area contributed by atoms with Gasteiger partial charge in [-0.3, -0.25) is 14.2 Å². The monoisotopic (exact) mass is 381 g/mol. The molecule has 1 N–H and O–H groups in total. The van der Waals surface area contributed by atoms with Gasteiger partial charge in [-0.05, 0) is 36.4 Å². The number of hydrogen-bond acceptors (Lipinski definition) is 5. The van der Waals surface area contributed by atoms with Gasteiger partial charge in [0, 0.05) is 18.8 Å². The number of nitriles is 1. The van der Waals surface area contributed by atoms with Crippen LogP contribution in [-0.2, 0) is 7.05 Å². The van der Waals surface area contributed by atoms with Crippen LogP contribution in [-0.4, -0.2) is 20.4 Å². The van der Waals surface area contributed by atoms with E-state index >= 15 is 0 Å². The summed E-state index contributed by atoms with van der Waals surface area (Å²) in [5, 5.41) is 12.2. The lowest BCUT2D eigenvalue weighted by Gasteiger charge is -2.12. The van der Waals surface area contributed by atoms with Crippen LogP contribution in [0.4, 0.5) is 5.82 Å². The summed E-state index contributed by atoms with van der Waals surface area (Å²) in [6.45, 7) is 0. The first-order valence-corrected chi connectivity index (χ1v) is 8.81. The van der Waals surface area contributed by atoms with Crippen molar-refractivity contribution in [3.63, 3.8) is 0 Å². The highest BCUT2D eigenvalue weighted by Crippen LogP contribution is 2.22. The Kier molecular flexibility index (Phi) is 4.59. The van der Waals surface area contributed by atoms with Crippen LogP contribution in [0.1, 0.15) is 15.9 Å². The summed E-state index contributed by atoms with van der Waals surface area (Å²) in [5.41, 5.74) is 1.35. The average Bonchev–Trinajstić information content (AvgIpc) is 2.76. The number of nitrogens with one attached hydrogen (secondary N) is 1. The molecule has 2 aromatic carbocycles. The normalized spacial score (nSPS) is 10.5. The molecule has 0 spiro atoms. The number of amides is 1. The van der Waals surface area contributed by atoms with E-state index in [1.165, 1.54) is 4.57 Å². The summed E-state index contributed by atoms with van der Waals surface area (Å²) < 4.78 is 1.42. The third-order valence-electron chi connectivity index (χ3n) is 4.51. The molecule has 4 aromatic rings. The van der Waals surface area contributed by atoms with E-state index in [2.05, 4.69) is 21.4 Å². The SMILES string of the molecule is Cn1c(-c2cccc(C#N)c2)nc2c(C(=O)Nc3ccccn3)cccc2c1=O. The fraction of sp³-hybridized carbons (Fsp3) is 0.0455. The Bertz CT molecular complexity index is 1340. The summed E-state index contributed by atoms with van der Waals surface area (Å²) in [4.78, 5) is 34.5. The van der Waals surface area contributed by atoms with Gasteiger partial charge in [0.25, 0.3) is 11.5 Å². The van der Waals surface area contributed by atoms with E-state index in [9.17, 15) is 9.59 Å². The zero-order chi connectivity index (χ0) is 20.4. The maximum atomic E-state index is 12.9. The van der Waals surface area contributed by atoms with E-state index in [0.717, 1.165) is 0 Å². The standard InChI is InChI=1S/C22H15N5O2/c1-27-20(15-7-4-6-14(12-15)13-23)26-19-16(8-5-9-17(19)22(27)29)21(28)25-18-10-2-3-11-24-18/h2-12H,1H3,(H,24,25,28). The molecule has 0 atom stereocenters. The first kappa shape index (κ1) is 18.1. The fourth-order valence-corrected chi connectivity index (χ4v) is 3.08. The molecule has 4 rings (SSSR count). The number of para-hydroxylation sites is 1. The van der Waals surface area contributed by atoms with Crippen LogP contribution in [0.15, 0.2) is 71.7 Å². The maximum Gasteiger partial charge on any atom is 0.261 e. The lowest BCUT2D eigenvalue weighted by molar-refractivity contribution is 0.102. The summed E-state index contributed by atoms with van der Waals surface area (Å²) in [5.74, 6) is 0.366. The highest BCUT2D eigenvalue weighted by Gasteiger charge is 2.17. The van der Waals surface area contributed by atoms with Crippen LogP contribution < -0.4 is 10.9 Å². The molecule has 0 saturated carbocycles. The van der Waals surface area contributed by atoms with Gasteiger partial charge in [-0.2, -0.15) is 5.26 Å². The highest BCUT2D eigenvalue weighted by atomic mass is 16.2. The molecular formula is C22H15N5O2. The summed E-state index contributed by atoms with van der Waals surface area (Å²) in [7, 11) is 1.61. The van der Waals surface area contributed by atoms with Gasteiger partial charge in [-0.15, -0.1) is 0 Å². The topological polar surface area (TPSA) is 101 Å². The number of pyridine rings is 1. The van der Waals surface area contributed by atoms with Gasteiger partial charge in [0.1, 0.15) is 11.6 Å². The minimum atomic E-state index is -0.410. The van der Waals surface area contributed by atoms with Gasteiger partial charge >= 0.3 is 0 Å². The van der Waals surface area contributed by atoms with Crippen molar-refractivity contribution >= 4 is 22.6 Å². The van der Waals surface area contributed by atoms with Crippen molar-refractivity contribution in [2.75, 3.05) is 5.32 Å². The lowest BCUT2D eigenvalue weighted by atomic mass is 10.1. The van der Waals surface area contributed by atoms with Gasteiger partial charge in [0.2, 0.25) is 0 Å². The Morgan fingerprint density at radius 3 is 2.69 bits per heavy atom. The zero-order valence-corrected chi connectivity index (χ0v) is 15.5. The molecule has 29 heavy (non-hydrogen) atoms. The van der Waals surface area contributed by atoms with E-state index in [0.29, 0.717) is 33.7 Å². The second-order valence-corrected chi connectivity index (χ2v) is 6.36. The summed E-state index contributed by atoms with van der Waals surface area (Å²) >= 11 is 0. The molecule has 2 aromatic heterocycles. The molecule has 0 aliphatic rings. The minimum Gasteiger partial charge on any atom is -0.306 e. The zero-order valence-electron chi connectivity index (χ0n) is 15.5. The molecule has 140 valence electrons. The van der Waals surface area contributed by atoms with Gasteiger partial charge in [0.05, 0.1) is 28.1 Å². The van der Waals surface area contributed by atoms with Crippen molar-refractivity contribution in [2.45, 2.75) is 0 Å². The number of carbonyl (C=O) groups excluding carboxylic acids is 1. The van der Waals surface area contributed by atoms with Crippen LogP contribution in [0.3, 0.4) is 0 Å². The second-order valence-electron chi connectivity index (χ2n) is 6.36. The summed E-state index contributed by atoms with van der Waals surface area (Å²) in [6.07, 6.45) is 1.58. The molecule has 0 bridgehead atoms. The predicted molar refractivity (Wildman–Crippen MR) is 109 cm³/mol. The molecule has 0 saturated heterocycles. The van der Waals surface area contributed by atoms with Gasteiger partial charge < -0.3 is 5.32 Å². The lowest BCUT2D eigenvalue weighted by Crippen LogP contribution is -2.22. The third-order valence-corrected chi connectivity index (χ3v) is 4.51. The van der Waals surface area contributed by atoms with Crippen molar-refractivity contribution in [2.24, 2.45) is 7.05 Å². The van der Waals surface area contributed by atoms with E-state index in [-0.39, 0.29) is 11.1 Å². The average molecular weight is 381 g/mol. The molecule has 7 nitrogen and oxygen atoms in total. The van der Waals surface area contributed by atoms with Crippen LogP contribution in [0.25, 0.3) is 22.3 Å². The van der Waals surface area contributed by atoms with E-state index in [1.807, 2.05) is 0 Å². The molecule has 1 amide bonds. The number of nitrogens with zero attached hydrogens (tertiary/aromatic N) is 4. The van der Waals surface area contributed by atoms with Crippen LogP contribution in [0.2, 0.25) is 0 Å². The first-order chi connectivity index (χ1) is 14.1. The number of hydrogen-bond donors (Lipinski definition) is 1. The largest absolute Gasteiger partial charge is 0.306 e. The Morgan fingerprint density at radius 1 is 1.10 bits per heavy atom. The predicted octanol–water partition coefficient (Wildman–Crippen LogP) is 3.12. The maximum absolute atomic E-state index is 12.9. The third kappa shape index (κ3) is 3.35. The van der Waals surface area contributed by atoms with E-state index < -0.39 is 5.91 Å². The number of fused-ring (bicyclic) bond motifs is 1. The van der Waals surface area contributed by atoms with Crippen molar-refractivity contribution in [3.05, 3.63) is 88.3 Å². The van der Waals surface area contributed by atoms with Crippen LogP contribution in [0, 0.1) is 11.3 Å². The van der Waals surface area contributed by atoms with Crippen molar-refractivity contribution in [1.29, 1.82) is 5.26 Å². The minimum absolute atomic E-state index is 0.267. The molecule has 2 heterocycles. The van der Waals surface area contributed by atoms with E-state index in [1.54, 1.807) is 73.9 Å². The number of anilines is 1. The van der Waals surface area contributed by atoms with E-state index in [4.69, 9.17) is 5.26 Å². The number of rotatable bonds is 3. The van der Waals surface area contributed by atoms with Crippen LogP contribution >= 0.6 is 0 Å².